The van der Waals surface area contributed by atoms with Gasteiger partial charge in [-0.1, -0.05) is 23.5 Å². The van der Waals surface area contributed by atoms with Gasteiger partial charge in [-0.15, -0.1) is 6.58 Å². The lowest BCUT2D eigenvalue weighted by molar-refractivity contribution is 0.0997. The van der Waals surface area contributed by atoms with Gasteiger partial charge < -0.3 is 4.57 Å². The van der Waals surface area contributed by atoms with Gasteiger partial charge in [-0.3, -0.25) is 4.79 Å². The summed E-state index contributed by atoms with van der Waals surface area (Å²) < 4.78 is 16.2. The van der Waals surface area contributed by atoms with Crippen molar-refractivity contribution in [2.45, 2.75) is 32.2 Å². The fourth-order valence-electron chi connectivity index (χ4n) is 3.46. The van der Waals surface area contributed by atoms with Gasteiger partial charge in [0.15, 0.2) is 4.80 Å². The van der Waals surface area contributed by atoms with E-state index >= 15 is 0 Å². The molecule has 2 aromatic carbocycles. The van der Waals surface area contributed by atoms with Crippen LogP contribution in [-0.2, 0) is 19.4 Å². The maximum Gasteiger partial charge on any atom is 0.279 e. The maximum atomic E-state index is 13.5. The number of aromatic nitrogens is 1. The summed E-state index contributed by atoms with van der Waals surface area (Å²) in [6, 6.07) is 10.5. The van der Waals surface area contributed by atoms with Crippen LogP contribution in [0.3, 0.4) is 0 Å². The summed E-state index contributed by atoms with van der Waals surface area (Å²) in [7, 11) is 0. The largest absolute Gasteiger partial charge is 0.312 e. The standard InChI is InChI=1S/C21H19FN2OS/c1-2-11-24-18-10-9-17(22)13-19(18)26-21(24)23-20(25)16-8-7-14-5-3-4-6-15(14)12-16/h2,7-10,12-13H,1,3-6,11H2. The van der Waals surface area contributed by atoms with Crippen molar-refractivity contribution < 1.29 is 9.18 Å². The topological polar surface area (TPSA) is 34.4 Å². The van der Waals surface area contributed by atoms with Crippen molar-refractivity contribution in [3.05, 3.63) is 76.4 Å². The third-order valence-electron chi connectivity index (χ3n) is 4.75. The number of rotatable bonds is 3. The molecule has 132 valence electrons. The van der Waals surface area contributed by atoms with Crippen LogP contribution in [0, 0.1) is 5.82 Å². The number of fused-ring (bicyclic) bond motifs is 2. The smallest absolute Gasteiger partial charge is 0.279 e. The minimum atomic E-state index is -0.294. The van der Waals surface area contributed by atoms with Gasteiger partial charge in [0.25, 0.3) is 5.91 Å². The lowest BCUT2D eigenvalue weighted by Crippen LogP contribution is -2.16. The first-order chi connectivity index (χ1) is 12.7. The average Bonchev–Trinajstić information content (AvgIpc) is 2.98. The molecular weight excluding hydrogens is 347 g/mol. The monoisotopic (exact) mass is 366 g/mol. The second kappa shape index (κ2) is 7.00. The normalized spacial score (nSPS) is 14.4. The van der Waals surface area contributed by atoms with E-state index in [0.29, 0.717) is 16.9 Å². The summed E-state index contributed by atoms with van der Waals surface area (Å²) in [4.78, 5) is 17.6. The molecule has 0 N–H and O–H groups in total. The molecule has 1 aliphatic rings. The fourth-order valence-corrected chi connectivity index (χ4v) is 4.52. The van der Waals surface area contributed by atoms with E-state index in [1.165, 1.54) is 47.4 Å². The highest BCUT2D eigenvalue weighted by molar-refractivity contribution is 7.16. The molecule has 3 nitrogen and oxygen atoms in total. The van der Waals surface area contributed by atoms with Crippen molar-refractivity contribution in [1.82, 2.24) is 4.57 Å². The number of amides is 1. The highest BCUT2D eigenvalue weighted by atomic mass is 32.1. The molecule has 5 heteroatoms. The maximum absolute atomic E-state index is 13.5. The summed E-state index contributed by atoms with van der Waals surface area (Å²) in [5.74, 6) is -0.555. The van der Waals surface area contributed by atoms with Crippen LogP contribution in [0.15, 0.2) is 54.0 Å². The molecule has 0 atom stereocenters. The number of allylic oxidation sites excluding steroid dienone is 1. The van der Waals surface area contributed by atoms with Crippen molar-refractivity contribution in [3.63, 3.8) is 0 Å². The fraction of sp³-hybridized carbons (Fsp3) is 0.238. The molecule has 1 amide bonds. The second-order valence-corrected chi connectivity index (χ2v) is 7.51. The second-order valence-electron chi connectivity index (χ2n) is 6.50. The number of benzene rings is 2. The number of thiazole rings is 1. The predicted octanol–water partition coefficient (Wildman–Crippen LogP) is 4.65. The Balaban J connectivity index is 1.79. The molecular formula is C21H19FN2OS. The Morgan fingerprint density at radius 1 is 1.19 bits per heavy atom. The van der Waals surface area contributed by atoms with Crippen molar-refractivity contribution in [1.29, 1.82) is 0 Å². The quantitative estimate of drug-likeness (QED) is 0.622. The Kier molecular flexibility index (Phi) is 4.55. The van der Waals surface area contributed by atoms with Gasteiger partial charge in [-0.25, -0.2) is 4.39 Å². The molecule has 1 aromatic heterocycles. The van der Waals surface area contributed by atoms with Gasteiger partial charge >= 0.3 is 0 Å². The van der Waals surface area contributed by atoms with Crippen LogP contribution in [0.2, 0.25) is 0 Å². The van der Waals surface area contributed by atoms with Crippen LogP contribution >= 0.6 is 11.3 Å². The Bertz CT molecular complexity index is 1080. The molecule has 26 heavy (non-hydrogen) atoms. The highest BCUT2D eigenvalue weighted by Gasteiger charge is 2.13. The molecule has 3 aromatic rings. The van der Waals surface area contributed by atoms with E-state index in [2.05, 4.69) is 17.6 Å². The van der Waals surface area contributed by atoms with Gasteiger partial charge in [-0.05, 0) is 67.1 Å². The molecule has 1 heterocycles. The molecule has 1 aliphatic carbocycles. The van der Waals surface area contributed by atoms with Crippen LogP contribution in [0.25, 0.3) is 10.2 Å². The lowest BCUT2D eigenvalue weighted by Gasteiger charge is -2.15. The number of hydrogen-bond donors (Lipinski definition) is 0. The first-order valence-corrected chi connectivity index (χ1v) is 9.58. The molecule has 4 rings (SSSR count). The first-order valence-electron chi connectivity index (χ1n) is 8.76. The van der Waals surface area contributed by atoms with Gasteiger partial charge in [0.1, 0.15) is 5.82 Å². The summed E-state index contributed by atoms with van der Waals surface area (Å²) in [6.45, 7) is 4.29. The molecule has 0 bridgehead atoms. The van der Waals surface area contributed by atoms with E-state index in [0.717, 1.165) is 23.1 Å². The first kappa shape index (κ1) is 16.9. The zero-order valence-electron chi connectivity index (χ0n) is 14.4. The van der Waals surface area contributed by atoms with Crippen molar-refractivity contribution in [2.75, 3.05) is 0 Å². The third-order valence-corrected chi connectivity index (χ3v) is 5.79. The van der Waals surface area contributed by atoms with E-state index in [-0.39, 0.29) is 11.7 Å². The zero-order valence-corrected chi connectivity index (χ0v) is 15.2. The van der Waals surface area contributed by atoms with Gasteiger partial charge in [-0.2, -0.15) is 4.99 Å². The minimum absolute atomic E-state index is 0.261. The molecule has 0 saturated carbocycles. The minimum Gasteiger partial charge on any atom is -0.312 e. The Labute approximate surface area is 155 Å². The van der Waals surface area contributed by atoms with Gasteiger partial charge in [0.05, 0.1) is 10.2 Å². The molecule has 0 fully saturated rings. The summed E-state index contributed by atoms with van der Waals surface area (Å²) >= 11 is 1.32. The van der Waals surface area contributed by atoms with E-state index in [1.54, 1.807) is 12.1 Å². The van der Waals surface area contributed by atoms with E-state index in [9.17, 15) is 9.18 Å². The molecule has 0 saturated heterocycles. The van der Waals surface area contributed by atoms with Crippen LogP contribution in [0.5, 0.6) is 0 Å². The molecule has 0 spiro atoms. The highest BCUT2D eigenvalue weighted by Crippen LogP contribution is 2.23. The number of carbonyl (C=O) groups is 1. The van der Waals surface area contributed by atoms with Crippen LogP contribution in [0.4, 0.5) is 4.39 Å². The van der Waals surface area contributed by atoms with Crippen LogP contribution in [0.1, 0.15) is 34.3 Å². The number of hydrogen-bond acceptors (Lipinski definition) is 2. The summed E-state index contributed by atoms with van der Waals surface area (Å²) in [6.07, 6.45) is 6.24. The van der Waals surface area contributed by atoms with Crippen molar-refractivity contribution >= 4 is 27.5 Å². The van der Waals surface area contributed by atoms with Crippen LogP contribution in [-0.4, -0.2) is 10.5 Å². The van der Waals surface area contributed by atoms with Crippen molar-refractivity contribution in [2.24, 2.45) is 4.99 Å². The number of carbonyl (C=O) groups excluding carboxylic acids is 1. The number of aryl methyl sites for hydroxylation is 2. The van der Waals surface area contributed by atoms with Gasteiger partial charge in [0, 0.05) is 12.1 Å². The zero-order chi connectivity index (χ0) is 18.1. The number of nitrogens with zero attached hydrogens (tertiary/aromatic N) is 2. The van der Waals surface area contributed by atoms with Crippen molar-refractivity contribution in [3.8, 4) is 0 Å². The number of halogens is 1. The lowest BCUT2D eigenvalue weighted by atomic mass is 9.90. The van der Waals surface area contributed by atoms with E-state index in [1.807, 2.05) is 16.7 Å². The van der Waals surface area contributed by atoms with Gasteiger partial charge in [0.2, 0.25) is 0 Å². The SMILES string of the molecule is C=CCn1c(=NC(=O)c2ccc3c(c2)CCCC3)sc2cc(F)ccc21. The van der Waals surface area contributed by atoms with Crippen LogP contribution < -0.4 is 4.80 Å². The summed E-state index contributed by atoms with van der Waals surface area (Å²) in [5.41, 5.74) is 4.06. The molecule has 0 unspecified atom stereocenters. The molecule has 0 radical (unpaired) electrons. The Morgan fingerprint density at radius 3 is 2.81 bits per heavy atom. The van der Waals surface area contributed by atoms with E-state index in [4.69, 9.17) is 0 Å². The summed E-state index contributed by atoms with van der Waals surface area (Å²) in [5, 5.41) is 0. The average molecular weight is 366 g/mol. The Morgan fingerprint density at radius 2 is 2.00 bits per heavy atom. The predicted molar refractivity (Wildman–Crippen MR) is 103 cm³/mol. The molecule has 0 aliphatic heterocycles. The third kappa shape index (κ3) is 3.15. The Hall–Kier alpha value is -2.53. The van der Waals surface area contributed by atoms with E-state index < -0.39 is 0 Å².